The van der Waals surface area contributed by atoms with Crippen LogP contribution in [0.5, 0.6) is 0 Å². The Hall–Kier alpha value is -0.120. The molecule has 3 heteroatoms. The second-order valence-corrected chi connectivity index (χ2v) is 5.59. The van der Waals surface area contributed by atoms with E-state index in [1.807, 2.05) is 6.92 Å². The van der Waals surface area contributed by atoms with Crippen LogP contribution in [0.15, 0.2) is 0 Å². The highest BCUT2D eigenvalue weighted by atomic mass is 16.5. The molecule has 3 nitrogen and oxygen atoms in total. The van der Waals surface area contributed by atoms with Crippen molar-refractivity contribution < 1.29 is 9.47 Å². The van der Waals surface area contributed by atoms with Crippen molar-refractivity contribution in [2.45, 2.75) is 64.9 Å². The van der Waals surface area contributed by atoms with Crippen LogP contribution in [0.3, 0.4) is 0 Å². The van der Waals surface area contributed by atoms with E-state index < -0.39 is 0 Å². The highest BCUT2D eigenvalue weighted by molar-refractivity contribution is 4.72. The van der Waals surface area contributed by atoms with Gasteiger partial charge in [0.1, 0.15) is 0 Å². The first-order chi connectivity index (χ1) is 9.36. The second-order valence-electron chi connectivity index (χ2n) is 5.59. The minimum absolute atomic E-state index is 0.526. The van der Waals surface area contributed by atoms with Crippen LogP contribution in [0.25, 0.3) is 0 Å². The summed E-state index contributed by atoms with van der Waals surface area (Å²) in [5.41, 5.74) is 0. The lowest BCUT2D eigenvalue weighted by atomic mass is 9.85. The van der Waals surface area contributed by atoms with Gasteiger partial charge in [-0.2, -0.15) is 0 Å². The number of rotatable bonds is 11. The fourth-order valence-corrected chi connectivity index (χ4v) is 2.79. The number of ether oxygens (including phenoxy) is 2. The monoisotopic (exact) mass is 271 g/mol. The fraction of sp³-hybridized carbons (Fsp3) is 1.00. The highest BCUT2D eigenvalue weighted by Crippen LogP contribution is 2.28. The Labute approximate surface area is 119 Å². The molecule has 114 valence electrons. The topological polar surface area (TPSA) is 30.5 Å². The van der Waals surface area contributed by atoms with Gasteiger partial charge in [0.2, 0.25) is 0 Å². The molecular formula is C16H33NO2. The molecule has 2 atom stereocenters. The summed E-state index contributed by atoms with van der Waals surface area (Å²) in [5.74, 6) is 0.908. The molecule has 1 aliphatic rings. The third-order valence-electron chi connectivity index (χ3n) is 4.04. The molecule has 2 unspecified atom stereocenters. The third kappa shape index (κ3) is 8.61. The molecule has 1 N–H and O–H groups in total. The summed E-state index contributed by atoms with van der Waals surface area (Å²) in [6.45, 7) is 9.02. The van der Waals surface area contributed by atoms with E-state index in [9.17, 15) is 0 Å². The lowest BCUT2D eigenvalue weighted by Gasteiger charge is -2.28. The van der Waals surface area contributed by atoms with Crippen LogP contribution in [0.4, 0.5) is 0 Å². The van der Waals surface area contributed by atoms with Gasteiger partial charge in [-0.05, 0) is 45.1 Å². The average Bonchev–Trinajstić information content (AvgIpc) is 2.46. The van der Waals surface area contributed by atoms with E-state index >= 15 is 0 Å². The molecule has 0 spiro atoms. The van der Waals surface area contributed by atoms with Gasteiger partial charge in [0, 0.05) is 19.8 Å². The van der Waals surface area contributed by atoms with Crippen molar-refractivity contribution in [3.05, 3.63) is 0 Å². The SMILES string of the molecule is CCOCCCCNCCOC1CCCC(CC)C1. The molecule has 0 aromatic rings. The van der Waals surface area contributed by atoms with Crippen LogP contribution >= 0.6 is 0 Å². The van der Waals surface area contributed by atoms with Crippen molar-refractivity contribution in [1.82, 2.24) is 5.32 Å². The molecule has 1 rings (SSSR count). The maximum absolute atomic E-state index is 5.97. The number of hydrogen-bond acceptors (Lipinski definition) is 3. The molecule has 1 saturated carbocycles. The summed E-state index contributed by atoms with van der Waals surface area (Å²) in [4.78, 5) is 0. The first kappa shape index (κ1) is 16.9. The van der Waals surface area contributed by atoms with Crippen molar-refractivity contribution in [3.8, 4) is 0 Å². The molecule has 0 amide bonds. The van der Waals surface area contributed by atoms with E-state index in [0.29, 0.717) is 6.10 Å². The van der Waals surface area contributed by atoms with Crippen LogP contribution in [0.2, 0.25) is 0 Å². The summed E-state index contributed by atoms with van der Waals surface area (Å²) in [6.07, 6.45) is 9.51. The van der Waals surface area contributed by atoms with E-state index in [2.05, 4.69) is 12.2 Å². The molecule has 0 saturated heterocycles. The maximum atomic E-state index is 5.97. The Bertz CT molecular complexity index is 199. The van der Waals surface area contributed by atoms with E-state index in [0.717, 1.165) is 45.2 Å². The zero-order chi connectivity index (χ0) is 13.8. The Morgan fingerprint density at radius 3 is 2.74 bits per heavy atom. The Morgan fingerprint density at radius 2 is 1.95 bits per heavy atom. The van der Waals surface area contributed by atoms with Gasteiger partial charge in [-0.25, -0.2) is 0 Å². The van der Waals surface area contributed by atoms with Crippen molar-refractivity contribution in [3.63, 3.8) is 0 Å². The van der Waals surface area contributed by atoms with Gasteiger partial charge in [0.25, 0.3) is 0 Å². The van der Waals surface area contributed by atoms with E-state index in [1.165, 1.54) is 38.5 Å². The molecule has 0 aromatic carbocycles. The Kier molecular flexibility index (Phi) is 10.4. The zero-order valence-electron chi connectivity index (χ0n) is 13.0. The van der Waals surface area contributed by atoms with E-state index in [1.54, 1.807) is 0 Å². The first-order valence-corrected chi connectivity index (χ1v) is 8.26. The molecule has 0 aromatic heterocycles. The lowest BCUT2D eigenvalue weighted by molar-refractivity contribution is 0.0143. The summed E-state index contributed by atoms with van der Waals surface area (Å²) in [7, 11) is 0. The molecule has 19 heavy (non-hydrogen) atoms. The third-order valence-corrected chi connectivity index (χ3v) is 4.04. The van der Waals surface area contributed by atoms with Crippen LogP contribution in [0.1, 0.15) is 58.8 Å². The predicted molar refractivity (Wildman–Crippen MR) is 80.6 cm³/mol. The smallest absolute Gasteiger partial charge is 0.0594 e. The molecule has 0 aliphatic heterocycles. The standard InChI is InChI=1S/C16H33NO2/c1-3-15-8-7-9-16(14-15)19-13-11-17-10-5-6-12-18-4-2/h15-17H,3-14H2,1-2H3. The van der Waals surface area contributed by atoms with Gasteiger partial charge in [-0.15, -0.1) is 0 Å². The molecule has 0 heterocycles. The van der Waals surface area contributed by atoms with Gasteiger partial charge in [-0.3, -0.25) is 0 Å². The molecular weight excluding hydrogens is 238 g/mol. The largest absolute Gasteiger partial charge is 0.382 e. The van der Waals surface area contributed by atoms with Gasteiger partial charge >= 0.3 is 0 Å². The molecule has 0 bridgehead atoms. The second kappa shape index (κ2) is 11.7. The van der Waals surface area contributed by atoms with Crippen LogP contribution in [0, 0.1) is 5.92 Å². The minimum Gasteiger partial charge on any atom is -0.382 e. The number of hydrogen-bond donors (Lipinski definition) is 1. The lowest BCUT2D eigenvalue weighted by Crippen LogP contribution is -2.27. The Balaban J connectivity index is 1.85. The van der Waals surface area contributed by atoms with Crippen LogP contribution in [-0.2, 0) is 9.47 Å². The normalized spacial score (nSPS) is 23.7. The highest BCUT2D eigenvalue weighted by Gasteiger charge is 2.20. The molecule has 1 aliphatic carbocycles. The number of unbranched alkanes of at least 4 members (excludes halogenated alkanes) is 1. The van der Waals surface area contributed by atoms with Gasteiger partial charge in [0.15, 0.2) is 0 Å². The van der Waals surface area contributed by atoms with E-state index in [-0.39, 0.29) is 0 Å². The van der Waals surface area contributed by atoms with Crippen LogP contribution < -0.4 is 5.32 Å². The predicted octanol–water partition coefficient (Wildman–Crippen LogP) is 3.38. The first-order valence-electron chi connectivity index (χ1n) is 8.26. The van der Waals surface area contributed by atoms with Gasteiger partial charge in [0.05, 0.1) is 12.7 Å². The van der Waals surface area contributed by atoms with E-state index in [4.69, 9.17) is 9.47 Å². The zero-order valence-corrected chi connectivity index (χ0v) is 13.0. The fourth-order valence-electron chi connectivity index (χ4n) is 2.79. The quantitative estimate of drug-likeness (QED) is 0.584. The summed E-state index contributed by atoms with van der Waals surface area (Å²) in [5, 5.41) is 3.45. The van der Waals surface area contributed by atoms with Crippen molar-refractivity contribution >= 4 is 0 Å². The molecule has 1 fully saturated rings. The van der Waals surface area contributed by atoms with Crippen molar-refractivity contribution in [2.24, 2.45) is 5.92 Å². The summed E-state index contributed by atoms with van der Waals surface area (Å²) in [6, 6.07) is 0. The summed E-state index contributed by atoms with van der Waals surface area (Å²) >= 11 is 0. The summed E-state index contributed by atoms with van der Waals surface area (Å²) < 4.78 is 11.3. The van der Waals surface area contributed by atoms with Crippen LogP contribution in [-0.4, -0.2) is 39.0 Å². The maximum Gasteiger partial charge on any atom is 0.0594 e. The van der Waals surface area contributed by atoms with Crippen molar-refractivity contribution in [1.29, 1.82) is 0 Å². The minimum atomic E-state index is 0.526. The molecule has 0 radical (unpaired) electrons. The Morgan fingerprint density at radius 1 is 1.05 bits per heavy atom. The number of nitrogens with one attached hydrogen (secondary N) is 1. The average molecular weight is 271 g/mol. The van der Waals surface area contributed by atoms with Gasteiger partial charge in [-0.1, -0.05) is 26.2 Å². The van der Waals surface area contributed by atoms with Crippen molar-refractivity contribution in [2.75, 3.05) is 32.9 Å². The van der Waals surface area contributed by atoms with Gasteiger partial charge < -0.3 is 14.8 Å².